The van der Waals surface area contributed by atoms with Crippen LogP contribution in [0.4, 0.5) is 5.69 Å². The summed E-state index contributed by atoms with van der Waals surface area (Å²) in [7, 11) is 0. The highest BCUT2D eigenvalue weighted by Gasteiger charge is 2.42. The molecule has 1 saturated heterocycles. The van der Waals surface area contributed by atoms with Crippen LogP contribution in [0.25, 0.3) is 0 Å². The first-order valence-corrected chi connectivity index (χ1v) is 7.48. The van der Waals surface area contributed by atoms with Crippen LogP contribution in [0.5, 0.6) is 0 Å². The lowest BCUT2D eigenvalue weighted by Crippen LogP contribution is -2.26. The van der Waals surface area contributed by atoms with Gasteiger partial charge in [-0.15, -0.1) is 0 Å². The minimum Gasteiger partial charge on any atom is -0.393 e. The smallest absolute Gasteiger partial charge is 0.0588 e. The number of benzene rings is 1. The van der Waals surface area contributed by atoms with Crippen molar-refractivity contribution in [2.24, 2.45) is 17.6 Å². The van der Waals surface area contributed by atoms with Crippen LogP contribution in [0.2, 0.25) is 0 Å². The van der Waals surface area contributed by atoms with E-state index in [0.717, 1.165) is 25.9 Å². The van der Waals surface area contributed by atoms with Crippen molar-refractivity contribution in [2.75, 3.05) is 18.0 Å². The molecule has 1 saturated carbocycles. The third kappa shape index (κ3) is 2.26. The van der Waals surface area contributed by atoms with Crippen molar-refractivity contribution < 1.29 is 5.11 Å². The van der Waals surface area contributed by atoms with Crippen molar-refractivity contribution in [1.29, 1.82) is 0 Å². The maximum absolute atomic E-state index is 10.0. The van der Waals surface area contributed by atoms with Crippen molar-refractivity contribution in [3.05, 3.63) is 29.8 Å². The van der Waals surface area contributed by atoms with Gasteiger partial charge in [-0.2, -0.15) is 0 Å². The number of nitrogens with zero attached hydrogens (tertiary/aromatic N) is 1. The zero-order valence-corrected chi connectivity index (χ0v) is 11.6. The summed E-state index contributed by atoms with van der Waals surface area (Å²) < 4.78 is 0. The summed E-state index contributed by atoms with van der Waals surface area (Å²) in [5.74, 6) is 1.13. The zero-order valence-electron chi connectivity index (χ0n) is 11.6. The predicted octanol–water partition coefficient (Wildman–Crippen LogP) is 2.30. The molecule has 1 heterocycles. The van der Waals surface area contributed by atoms with Crippen LogP contribution in [-0.2, 0) is 0 Å². The lowest BCUT2D eigenvalue weighted by Gasteiger charge is -2.25. The van der Waals surface area contributed by atoms with E-state index in [0.29, 0.717) is 11.8 Å². The summed E-state index contributed by atoms with van der Waals surface area (Å²) >= 11 is 0. The average Bonchev–Trinajstić information content (AvgIpc) is 3.00. The lowest BCUT2D eigenvalue weighted by molar-refractivity contribution is 0.133. The van der Waals surface area contributed by atoms with Crippen LogP contribution in [0.1, 0.15) is 37.8 Å². The molecule has 3 heteroatoms. The number of hydrogen-bond donors (Lipinski definition) is 2. The number of aliphatic hydroxyl groups excluding tert-OH is 1. The van der Waals surface area contributed by atoms with Crippen molar-refractivity contribution in [1.82, 2.24) is 0 Å². The quantitative estimate of drug-likeness (QED) is 0.877. The van der Waals surface area contributed by atoms with Gasteiger partial charge >= 0.3 is 0 Å². The molecule has 1 aliphatic carbocycles. The maximum Gasteiger partial charge on any atom is 0.0588 e. The first kappa shape index (κ1) is 12.9. The van der Waals surface area contributed by atoms with E-state index in [-0.39, 0.29) is 12.1 Å². The highest BCUT2D eigenvalue weighted by Crippen LogP contribution is 2.41. The number of anilines is 1. The Morgan fingerprint density at radius 2 is 2.11 bits per heavy atom. The van der Waals surface area contributed by atoms with E-state index < -0.39 is 0 Å². The summed E-state index contributed by atoms with van der Waals surface area (Å²) in [6.45, 7) is 4.19. The molecule has 1 aliphatic heterocycles. The predicted molar refractivity (Wildman–Crippen MR) is 78.1 cm³/mol. The summed E-state index contributed by atoms with van der Waals surface area (Å²) in [5, 5.41) is 10.0. The zero-order chi connectivity index (χ0) is 13.4. The van der Waals surface area contributed by atoms with E-state index in [1.807, 2.05) is 0 Å². The van der Waals surface area contributed by atoms with Crippen molar-refractivity contribution in [2.45, 2.75) is 38.3 Å². The first-order valence-electron chi connectivity index (χ1n) is 7.48. The molecule has 1 aromatic rings. The Hall–Kier alpha value is -1.06. The lowest BCUT2D eigenvalue weighted by atomic mass is 10.00. The van der Waals surface area contributed by atoms with Gasteiger partial charge in [0.2, 0.25) is 0 Å². The van der Waals surface area contributed by atoms with Crippen molar-refractivity contribution in [3.63, 3.8) is 0 Å². The molecule has 0 amide bonds. The molecule has 1 aromatic carbocycles. The highest BCUT2D eigenvalue weighted by atomic mass is 16.3. The van der Waals surface area contributed by atoms with Gasteiger partial charge in [0.1, 0.15) is 0 Å². The fourth-order valence-corrected chi connectivity index (χ4v) is 3.74. The topological polar surface area (TPSA) is 49.5 Å². The summed E-state index contributed by atoms with van der Waals surface area (Å²) in [6, 6.07) is 8.60. The number of nitrogens with two attached hydrogens (primary N) is 1. The van der Waals surface area contributed by atoms with Crippen LogP contribution in [0.3, 0.4) is 0 Å². The van der Waals surface area contributed by atoms with Gasteiger partial charge in [0.15, 0.2) is 0 Å². The molecule has 0 spiro atoms. The Morgan fingerprint density at radius 1 is 1.32 bits per heavy atom. The Labute approximate surface area is 115 Å². The number of fused-ring (bicyclic) bond motifs is 1. The summed E-state index contributed by atoms with van der Waals surface area (Å²) in [4.78, 5) is 2.43. The van der Waals surface area contributed by atoms with Gasteiger partial charge < -0.3 is 15.7 Å². The Kier molecular flexibility index (Phi) is 3.50. The highest BCUT2D eigenvalue weighted by molar-refractivity contribution is 5.56. The molecule has 4 unspecified atom stereocenters. The molecule has 104 valence electrons. The third-order valence-corrected chi connectivity index (χ3v) is 4.94. The second kappa shape index (κ2) is 5.14. The molecule has 0 radical (unpaired) electrons. The second-order valence-electron chi connectivity index (χ2n) is 6.05. The fourth-order valence-electron chi connectivity index (χ4n) is 3.74. The van der Waals surface area contributed by atoms with E-state index in [1.54, 1.807) is 0 Å². The standard InChI is InChI=1S/C16H24N2O/c1-2-14(17)12-5-3-4-6-15(12)18-9-11-7-8-16(19)13(11)10-18/h3-6,11,13-14,16,19H,2,7-10,17H2,1H3. The average molecular weight is 260 g/mol. The van der Waals surface area contributed by atoms with Gasteiger partial charge in [-0.25, -0.2) is 0 Å². The molecule has 0 aromatic heterocycles. The minimum atomic E-state index is -0.0954. The monoisotopic (exact) mass is 260 g/mol. The first-order chi connectivity index (χ1) is 9.20. The van der Waals surface area contributed by atoms with E-state index in [1.165, 1.54) is 17.7 Å². The van der Waals surface area contributed by atoms with Gasteiger partial charge in [-0.3, -0.25) is 0 Å². The SMILES string of the molecule is CCC(N)c1ccccc1N1CC2CCC(O)C2C1. The minimum absolute atomic E-state index is 0.0954. The van der Waals surface area contributed by atoms with E-state index in [2.05, 4.69) is 36.1 Å². The van der Waals surface area contributed by atoms with Crippen LogP contribution >= 0.6 is 0 Å². The normalized spacial score (nSPS) is 31.5. The molecule has 2 aliphatic rings. The number of hydrogen-bond acceptors (Lipinski definition) is 3. The molecule has 2 fully saturated rings. The number of para-hydroxylation sites is 1. The van der Waals surface area contributed by atoms with Gasteiger partial charge in [0.25, 0.3) is 0 Å². The number of aliphatic hydroxyl groups is 1. The summed E-state index contributed by atoms with van der Waals surface area (Å²) in [5.41, 5.74) is 8.76. The van der Waals surface area contributed by atoms with E-state index >= 15 is 0 Å². The Balaban J connectivity index is 1.84. The Bertz CT molecular complexity index is 448. The van der Waals surface area contributed by atoms with E-state index in [4.69, 9.17) is 5.73 Å². The van der Waals surface area contributed by atoms with Gasteiger partial charge in [-0.05, 0) is 36.8 Å². The van der Waals surface area contributed by atoms with Gasteiger partial charge in [0, 0.05) is 30.7 Å². The van der Waals surface area contributed by atoms with E-state index in [9.17, 15) is 5.11 Å². The van der Waals surface area contributed by atoms with Crippen LogP contribution < -0.4 is 10.6 Å². The fraction of sp³-hybridized carbons (Fsp3) is 0.625. The van der Waals surface area contributed by atoms with Gasteiger partial charge in [-0.1, -0.05) is 25.1 Å². The molecule has 3 rings (SSSR count). The Morgan fingerprint density at radius 3 is 2.84 bits per heavy atom. The molecule has 0 bridgehead atoms. The summed E-state index contributed by atoms with van der Waals surface area (Å²) in [6.07, 6.45) is 3.02. The second-order valence-corrected chi connectivity index (χ2v) is 6.05. The van der Waals surface area contributed by atoms with Crippen molar-refractivity contribution in [3.8, 4) is 0 Å². The molecule has 4 atom stereocenters. The number of rotatable bonds is 3. The molecular weight excluding hydrogens is 236 g/mol. The molecular formula is C16H24N2O. The van der Waals surface area contributed by atoms with Crippen LogP contribution in [0, 0.1) is 11.8 Å². The molecule has 19 heavy (non-hydrogen) atoms. The molecule has 3 N–H and O–H groups in total. The van der Waals surface area contributed by atoms with Crippen LogP contribution in [-0.4, -0.2) is 24.3 Å². The van der Waals surface area contributed by atoms with Crippen LogP contribution in [0.15, 0.2) is 24.3 Å². The maximum atomic E-state index is 10.0. The third-order valence-electron chi connectivity index (χ3n) is 4.94. The molecule has 3 nitrogen and oxygen atoms in total. The van der Waals surface area contributed by atoms with Crippen molar-refractivity contribution >= 4 is 5.69 Å². The largest absolute Gasteiger partial charge is 0.393 e. The van der Waals surface area contributed by atoms with Gasteiger partial charge in [0.05, 0.1) is 6.10 Å².